The van der Waals surface area contributed by atoms with Crippen LogP contribution in [-0.4, -0.2) is 58.0 Å². The number of hydrogen-bond acceptors (Lipinski definition) is 6. The predicted octanol–water partition coefficient (Wildman–Crippen LogP) is 3.06. The molecule has 28 heavy (non-hydrogen) atoms. The molecule has 0 radical (unpaired) electrons. The van der Waals surface area contributed by atoms with Crippen LogP contribution in [0.3, 0.4) is 0 Å². The minimum Gasteiger partial charge on any atom is -0.425 e. The van der Waals surface area contributed by atoms with Crippen molar-refractivity contribution in [1.29, 1.82) is 0 Å². The molecule has 2 aliphatic heterocycles. The molecule has 1 aromatic heterocycles. The van der Waals surface area contributed by atoms with Gasteiger partial charge in [0.1, 0.15) is 0 Å². The molecule has 0 atom stereocenters. The van der Waals surface area contributed by atoms with E-state index < -0.39 is 0 Å². The maximum absolute atomic E-state index is 12.4. The molecule has 148 valence electrons. The molecule has 7 heteroatoms. The fourth-order valence-electron chi connectivity index (χ4n) is 3.94. The van der Waals surface area contributed by atoms with E-state index in [1.54, 1.807) is 24.3 Å². The molecule has 1 aromatic carbocycles. The number of fused-ring (bicyclic) bond motifs is 1. The Bertz CT molecular complexity index is 833. The van der Waals surface area contributed by atoms with E-state index in [1.807, 2.05) is 13.8 Å². The van der Waals surface area contributed by atoms with Gasteiger partial charge < -0.3 is 9.32 Å². The number of likely N-dealkylation sites (tertiary alicyclic amines) is 1. The fraction of sp³-hybridized carbons (Fsp3) is 0.524. The molecule has 0 saturated carbocycles. The van der Waals surface area contributed by atoms with E-state index in [2.05, 4.69) is 15.1 Å². The standard InChI is InChI=1S/C21H26N4O3/c1-14(2)18-22-23-19(28-18)15-8-12-24(13-9-15)10-5-11-25-20(26)16-6-3-4-7-17(16)21(25)27/h3-4,6-7,14-15H,5,8-13H2,1-2H3. The summed E-state index contributed by atoms with van der Waals surface area (Å²) in [6, 6.07) is 7.04. The highest BCUT2D eigenvalue weighted by Gasteiger charge is 2.34. The first kappa shape index (κ1) is 18.8. The highest BCUT2D eigenvalue weighted by Crippen LogP contribution is 2.28. The number of imide groups is 1. The van der Waals surface area contributed by atoms with Crippen molar-refractivity contribution in [3.8, 4) is 0 Å². The normalized spacial score (nSPS) is 18.3. The van der Waals surface area contributed by atoms with Crippen LogP contribution in [0.4, 0.5) is 0 Å². The quantitative estimate of drug-likeness (QED) is 0.715. The number of nitrogens with zero attached hydrogens (tertiary/aromatic N) is 4. The average molecular weight is 382 g/mol. The molecule has 0 N–H and O–H groups in total. The Morgan fingerprint density at radius 3 is 2.25 bits per heavy atom. The van der Waals surface area contributed by atoms with Crippen LogP contribution >= 0.6 is 0 Å². The molecule has 2 aliphatic rings. The Morgan fingerprint density at radius 1 is 1.04 bits per heavy atom. The number of carbonyl (C=O) groups excluding carboxylic acids is 2. The lowest BCUT2D eigenvalue weighted by Gasteiger charge is -2.30. The summed E-state index contributed by atoms with van der Waals surface area (Å²) in [6.45, 7) is 7.37. The van der Waals surface area contributed by atoms with Gasteiger partial charge in [0.25, 0.3) is 11.8 Å². The zero-order chi connectivity index (χ0) is 19.7. The molecule has 0 spiro atoms. The minimum atomic E-state index is -0.170. The van der Waals surface area contributed by atoms with E-state index in [9.17, 15) is 9.59 Å². The van der Waals surface area contributed by atoms with Crippen molar-refractivity contribution in [2.45, 2.75) is 44.9 Å². The first-order chi connectivity index (χ1) is 13.5. The van der Waals surface area contributed by atoms with Gasteiger partial charge in [0.2, 0.25) is 11.8 Å². The highest BCUT2D eigenvalue weighted by molar-refractivity contribution is 6.21. The number of benzene rings is 1. The Balaban J connectivity index is 1.24. The molecule has 0 aliphatic carbocycles. The number of carbonyl (C=O) groups is 2. The van der Waals surface area contributed by atoms with Crippen LogP contribution in [0.5, 0.6) is 0 Å². The van der Waals surface area contributed by atoms with Gasteiger partial charge in [-0.2, -0.15) is 0 Å². The molecule has 1 fully saturated rings. The van der Waals surface area contributed by atoms with E-state index >= 15 is 0 Å². The second-order valence-corrected chi connectivity index (χ2v) is 7.91. The van der Waals surface area contributed by atoms with Crippen LogP contribution in [0, 0.1) is 0 Å². The Hall–Kier alpha value is -2.54. The van der Waals surface area contributed by atoms with E-state index in [4.69, 9.17) is 4.42 Å². The van der Waals surface area contributed by atoms with E-state index in [0.717, 1.165) is 44.8 Å². The lowest BCUT2D eigenvalue weighted by molar-refractivity contribution is 0.0645. The lowest BCUT2D eigenvalue weighted by atomic mass is 9.97. The van der Waals surface area contributed by atoms with Crippen LogP contribution in [0.15, 0.2) is 28.7 Å². The van der Waals surface area contributed by atoms with Gasteiger partial charge >= 0.3 is 0 Å². The zero-order valence-electron chi connectivity index (χ0n) is 16.4. The van der Waals surface area contributed by atoms with Crippen molar-refractivity contribution >= 4 is 11.8 Å². The van der Waals surface area contributed by atoms with Crippen molar-refractivity contribution < 1.29 is 14.0 Å². The molecular weight excluding hydrogens is 356 g/mol. The SMILES string of the molecule is CC(C)c1nnc(C2CCN(CCCN3C(=O)c4ccccc4C3=O)CC2)o1. The van der Waals surface area contributed by atoms with E-state index in [1.165, 1.54) is 4.90 Å². The van der Waals surface area contributed by atoms with Crippen LogP contribution in [0.25, 0.3) is 0 Å². The van der Waals surface area contributed by atoms with Gasteiger partial charge in [-0.05, 0) is 51.0 Å². The topological polar surface area (TPSA) is 79.5 Å². The van der Waals surface area contributed by atoms with Crippen molar-refractivity contribution in [3.05, 3.63) is 47.2 Å². The minimum absolute atomic E-state index is 0.170. The zero-order valence-corrected chi connectivity index (χ0v) is 16.4. The molecule has 4 rings (SSSR count). The second-order valence-electron chi connectivity index (χ2n) is 7.91. The summed E-state index contributed by atoms with van der Waals surface area (Å²) in [6.07, 6.45) is 2.77. The largest absolute Gasteiger partial charge is 0.425 e. The maximum atomic E-state index is 12.4. The van der Waals surface area contributed by atoms with Gasteiger partial charge in [0, 0.05) is 18.4 Å². The van der Waals surface area contributed by atoms with Crippen LogP contribution in [-0.2, 0) is 0 Å². The van der Waals surface area contributed by atoms with E-state index in [0.29, 0.717) is 29.5 Å². The van der Waals surface area contributed by atoms with Gasteiger partial charge in [0.05, 0.1) is 11.1 Å². The summed E-state index contributed by atoms with van der Waals surface area (Å²) in [5.41, 5.74) is 1.04. The van der Waals surface area contributed by atoms with Gasteiger partial charge in [-0.1, -0.05) is 26.0 Å². The van der Waals surface area contributed by atoms with Crippen molar-refractivity contribution in [2.24, 2.45) is 0 Å². The second kappa shape index (κ2) is 7.83. The molecule has 2 amide bonds. The summed E-state index contributed by atoms with van der Waals surface area (Å²) >= 11 is 0. The summed E-state index contributed by atoms with van der Waals surface area (Å²) in [4.78, 5) is 28.6. The summed E-state index contributed by atoms with van der Waals surface area (Å²) < 4.78 is 5.80. The molecule has 1 saturated heterocycles. The van der Waals surface area contributed by atoms with Crippen LogP contribution < -0.4 is 0 Å². The Kier molecular flexibility index (Phi) is 5.26. The summed E-state index contributed by atoms with van der Waals surface area (Å²) in [5, 5.41) is 8.36. The number of rotatable bonds is 6. The third-order valence-electron chi connectivity index (χ3n) is 5.62. The number of aromatic nitrogens is 2. The third-order valence-corrected chi connectivity index (χ3v) is 5.62. The predicted molar refractivity (Wildman–Crippen MR) is 103 cm³/mol. The maximum Gasteiger partial charge on any atom is 0.261 e. The summed E-state index contributed by atoms with van der Waals surface area (Å²) in [5.74, 6) is 1.71. The number of amides is 2. The summed E-state index contributed by atoms with van der Waals surface area (Å²) in [7, 11) is 0. The van der Waals surface area contributed by atoms with Crippen LogP contribution in [0.1, 0.15) is 77.4 Å². The van der Waals surface area contributed by atoms with Crippen LogP contribution in [0.2, 0.25) is 0 Å². The first-order valence-corrected chi connectivity index (χ1v) is 10.1. The van der Waals surface area contributed by atoms with Crippen molar-refractivity contribution in [3.63, 3.8) is 0 Å². The third kappa shape index (κ3) is 3.58. The molecule has 0 bridgehead atoms. The molecule has 7 nitrogen and oxygen atoms in total. The van der Waals surface area contributed by atoms with E-state index in [-0.39, 0.29) is 17.7 Å². The van der Waals surface area contributed by atoms with Gasteiger partial charge in [-0.15, -0.1) is 10.2 Å². The van der Waals surface area contributed by atoms with Gasteiger partial charge in [-0.25, -0.2) is 0 Å². The van der Waals surface area contributed by atoms with Gasteiger partial charge in [0.15, 0.2) is 0 Å². The van der Waals surface area contributed by atoms with Gasteiger partial charge in [-0.3, -0.25) is 14.5 Å². The highest BCUT2D eigenvalue weighted by atomic mass is 16.4. The Morgan fingerprint density at radius 2 is 1.68 bits per heavy atom. The number of hydrogen-bond donors (Lipinski definition) is 0. The molecule has 0 unspecified atom stereocenters. The van der Waals surface area contributed by atoms with Crippen molar-refractivity contribution in [1.82, 2.24) is 20.0 Å². The lowest BCUT2D eigenvalue weighted by Crippen LogP contribution is -2.37. The first-order valence-electron chi connectivity index (χ1n) is 10.1. The number of piperidine rings is 1. The molecule has 2 aromatic rings. The Labute approximate surface area is 164 Å². The van der Waals surface area contributed by atoms with Crippen molar-refractivity contribution in [2.75, 3.05) is 26.2 Å². The average Bonchev–Trinajstić information content (AvgIpc) is 3.29. The molecule has 3 heterocycles. The smallest absolute Gasteiger partial charge is 0.261 e. The molecular formula is C21H26N4O3. The monoisotopic (exact) mass is 382 g/mol. The fourth-order valence-corrected chi connectivity index (χ4v) is 3.94.